The van der Waals surface area contributed by atoms with E-state index >= 15 is 0 Å². The topological polar surface area (TPSA) is 102 Å². The van der Waals surface area contributed by atoms with Gasteiger partial charge >= 0.3 is 12.0 Å². The van der Waals surface area contributed by atoms with Crippen LogP contribution in [-0.2, 0) is 16.6 Å². The second kappa shape index (κ2) is 8.12. The summed E-state index contributed by atoms with van der Waals surface area (Å²) in [6.07, 6.45) is 7.22. The van der Waals surface area contributed by atoms with E-state index in [1.807, 2.05) is 17.8 Å². The van der Waals surface area contributed by atoms with E-state index in [-0.39, 0.29) is 18.7 Å². The van der Waals surface area contributed by atoms with E-state index < -0.39 is 12.0 Å². The van der Waals surface area contributed by atoms with Gasteiger partial charge in [0.05, 0.1) is 24.5 Å². The highest BCUT2D eigenvalue weighted by Crippen LogP contribution is 2.34. The van der Waals surface area contributed by atoms with E-state index in [0.29, 0.717) is 23.6 Å². The fourth-order valence-electron chi connectivity index (χ4n) is 4.07. The van der Waals surface area contributed by atoms with Crippen molar-refractivity contribution >= 4 is 12.0 Å². The lowest BCUT2D eigenvalue weighted by atomic mass is 9.99. The third kappa shape index (κ3) is 3.77. The zero-order valence-corrected chi connectivity index (χ0v) is 16.6. The van der Waals surface area contributed by atoms with Gasteiger partial charge in [0, 0.05) is 31.7 Å². The smallest absolute Gasteiger partial charge is 0.338 e. The molecule has 0 unspecified atom stereocenters. The number of hydrogen-bond donors (Lipinski definition) is 2. The number of carbonyl (C=O) groups excluding carboxylic acids is 2. The highest BCUT2D eigenvalue weighted by atomic mass is 16.5. The van der Waals surface area contributed by atoms with Gasteiger partial charge in [-0.25, -0.2) is 14.6 Å². The van der Waals surface area contributed by atoms with Gasteiger partial charge in [-0.3, -0.25) is 4.90 Å². The van der Waals surface area contributed by atoms with Crippen LogP contribution in [0.15, 0.2) is 46.5 Å². The van der Waals surface area contributed by atoms with Crippen molar-refractivity contribution < 1.29 is 18.7 Å². The summed E-state index contributed by atoms with van der Waals surface area (Å²) in [6, 6.07) is 2.52. The maximum Gasteiger partial charge on any atom is 0.338 e. The number of hydrogen-bond acceptors (Lipinski definition) is 6. The molecular formula is C20H25N5O4. The van der Waals surface area contributed by atoms with Crippen LogP contribution in [0.2, 0.25) is 0 Å². The van der Waals surface area contributed by atoms with Gasteiger partial charge in [0.2, 0.25) is 0 Å². The molecule has 0 radical (unpaired) electrons. The van der Waals surface area contributed by atoms with Crippen LogP contribution < -0.4 is 10.6 Å². The highest BCUT2D eigenvalue weighted by Gasteiger charge is 2.37. The Morgan fingerprint density at radius 3 is 3.00 bits per heavy atom. The minimum absolute atomic E-state index is 0.125. The molecule has 0 bridgehead atoms. The molecule has 1 saturated heterocycles. The summed E-state index contributed by atoms with van der Waals surface area (Å²) in [5.74, 6) is 0.996. The Kier molecular flexibility index (Phi) is 5.39. The zero-order chi connectivity index (χ0) is 20.4. The van der Waals surface area contributed by atoms with Crippen LogP contribution in [-0.4, -0.2) is 46.1 Å². The number of nitrogens with one attached hydrogen (secondary N) is 2. The average molecular weight is 399 g/mol. The molecule has 0 spiro atoms. The molecule has 4 heterocycles. The lowest BCUT2D eigenvalue weighted by Gasteiger charge is -2.31. The van der Waals surface area contributed by atoms with Gasteiger partial charge in [-0.2, -0.15) is 0 Å². The molecule has 29 heavy (non-hydrogen) atoms. The molecule has 4 rings (SSSR count). The minimum atomic E-state index is -0.693. The van der Waals surface area contributed by atoms with Crippen LogP contribution in [0.4, 0.5) is 4.79 Å². The van der Waals surface area contributed by atoms with Crippen molar-refractivity contribution in [1.29, 1.82) is 0 Å². The maximum absolute atomic E-state index is 12.8. The molecule has 2 aromatic heterocycles. The first kappa shape index (κ1) is 19.3. The molecule has 2 aliphatic rings. The molecule has 2 amide bonds. The number of ether oxygens (including phenoxy) is 1. The molecule has 0 aliphatic carbocycles. The molecule has 2 N–H and O–H groups in total. The molecule has 9 heteroatoms. The highest BCUT2D eigenvalue weighted by molar-refractivity contribution is 5.95. The molecule has 154 valence electrons. The lowest BCUT2D eigenvalue weighted by molar-refractivity contribution is -0.139. The summed E-state index contributed by atoms with van der Waals surface area (Å²) in [5, 5.41) is 5.60. The van der Waals surface area contributed by atoms with Gasteiger partial charge < -0.3 is 24.4 Å². The Balaban J connectivity index is 1.69. The van der Waals surface area contributed by atoms with Gasteiger partial charge in [0.1, 0.15) is 17.6 Å². The molecule has 2 aliphatic heterocycles. The van der Waals surface area contributed by atoms with Crippen molar-refractivity contribution in [2.24, 2.45) is 7.05 Å². The summed E-state index contributed by atoms with van der Waals surface area (Å²) in [4.78, 5) is 31.9. The summed E-state index contributed by atoms with van der Waals surface area (Å²) in [5.41, 5.74) is 0.904. The van der Waals surface area contributed by atoms with E-state index in [0.717, 1.165) is 25.2 Å². The number of urea groups is 1. The number of carbonyl (C=O) groups is 2. The summed E-state index contributed by atoms with van der Waals surface area (Å²) in [6.45, 7) is 3.27. The van der Waals surface area contributed by atoms with Crippen molar-refractivity contribution in [2.45, 2.75) is 31.8 Å². The Labute approximate surface area is 168 Å². The van der Waals surface area contributed by atoms with E-state index in [1.165, 1.54) is 6.26 Å². The number of nitrogens with zero attached hydrogens (tertiary/aromatic N) is 3. The molecule has 2 aromatic rings. The summed E-state index contributed by atoms with van der Waals surface area (Å²) in [7, 11) is 1.97. The monoisotopic (exact) mass is 399 g/mol. The quantitative estimate of drug-likeness (QED) is 0.721. The number of likely N-dealkylation sites (tertiary alicyclic amines) is 1. The summed E-state index contributed by atoms with van der Waals surface area (Å²) < 4.78 is 12.8. The number of rotatable bonds is 6. The normalized spacial score (nSPS) is 22.5. The average Bonchev–Trinajstić information content (AvgIpc) is 3.43. The number of aryl methyl sites for hydroxylation is 1. The summed E-state index contributed by atoms with van der Waals surface area (Å²) >= 11 is 0. The third-order valence-corrected chi connectivity index (χ3v) is 5.36. The van der Waals surface area contributed by atoms with Crippen LogP contribution in [0.3, 0.4) is 0 Å². The van der Waals surface area contributed by atoms with E-state index in [2.05, 4.69) is 20.5 Å². The molecule has 0 saturated carbocycles. The van der Waals surface area contributed by atoms with Crippen molar-refractivity contribution in [3.8, 4) is 0 Å². The van der Waals surface area contributed by atoms with Crippen LogP contribution in [0.5, 0.6) is 0 Å². The molecule has 0 aromatic carbocycles. The number of amides is 2. The van der Waals surface area contributed by atoms with E-state index in [4.69, 9.17) is 9.15 Å². The Hall–Kier alpha value is -3.07. The Morgan fingerprint density at radius 2 is 2.31 bits per heavy atom. The fraction of sp³-hybridized carbons (Fsp3) is 0.450. The van der Waals surface area contributed by atoms with E-state index in [9.17, 15) is 9.59 Å². The molecule has 9 nitrogen and oxygen atoms in total. The Morgan fingerprint density at radius 1 is 1.45 bits per heavy atom. The SMILES string of the molecule is CCOC(=O)C1=C(CN2CCC[C@H]2c2nccn2C)NC(=O)N[C@@H]1c1ccco1. The second-order valence-electron chi connectivity index (χ2n) is 7.18. The maximum atomic E-state index is 12.8. The predicted molar refractivity (Wildman–Crippen MR) is 104 cm³/mol. The van der Waals surface area contributed by atoms with Crippen LogP contribution >= 0.6 is 0 Å². The van der Waals surface area contributed by atoms with Gasteiger partial charge in [-0.05, 0) is 38.4 Å². The van der Waals surface area contributed by atoms with Crippen LogP contribution in [0.25, 0.3) is 0 Å². The van der Waals surface area contributed by atoms with Crippen LogP contribution in [0, 0.1) is 0 Å². The van der Waals surface area contributed by atoms with Crippen molar-refractivity contribution in [3.63, 3.8) is 0 Å². The molecular weight excluding hydrogens is 374 g/mol. The number of imidazole rings is 1. The van der Waals surface area contributed by atoms with Gasteiger partial charge in [-0.1, -0.05) is 0 Å². The lowest BCUT2D eigenvalue weighted by Crippen LogP contribution is -2.48. The minimum Gasteiger partial charge on any atom is -0.467 e. The van der Waals surface area contributed by atoms with Crippen molar-refractivity contribution in [3.05, 3.63) is 53.6 Å². The Bertz CT molecular complexity index is 917. The number of aromatic nitrogens is 2. The molecule has 2 atom stereocenters. The molecule has 1 fully saturated rings. The van der Waals surface area contributed by atoms with Gasteiger partial charge in [0.15, 0.2) is 0 Å². The number of furan rings is 1. The largest absolute Gasteiger partial charge is 0.467 e. The first-order chi connectivity index (χ1) is 14.1. The van der Waals surface area contributed by atoms with Gasteiger partial charge in [0.25, 0.3) is 0 Å². The first-order valence-electron chi connectivity index (χ1n) is 9.80. The van der Waals surface area contributed by atoms with Crippen molar-refractivity contribution in [1.82, 2.24) is 25.1 Å². The van der Waals surface area contributed by atoms with Crippen LogP contribution in [0.1, 0.15) is 43.4 Å². The predicted octanol–water partition coefficient (Wildman–Crippen LogP) is 2.02. The van der Waals surface area contributed by atoms with Crippen molar-refractivity contribution in [2.75, 3.05) is 19.7 Å². The fourth-order valence-corrected chi connectivity index (χ4v) is 4.07. The zero-order valence-electron chi connectivity index (χ0n) is 16.6. The third-order valence-electron chi connectivity index (χ3n) is 5.36. The standard InChI is InChI=1S/C20H25N5O4/c1-3-28-19(26)16-13(22-20(27)23-17(16)15-7-5-11-29-15)12-25-9-4-6-14(25)18-21-8-10-24(18)2/h5,7-8,10-11,14,17H,3-4,6,9,12H2,1-2H3,(H2,22,23,27)/t14-,17+/m0/s1. The first-order valence-corrected chi connectivity index (χ1v) is 9.80. The van der Waals surface area contributed by atoms with Gasteiger partial charge in [-0.15, -0.1) is 0 Å². The van der Waals surface area contributed by atoms with E-state index in [1.54, 1.807) is 25.3 Å². The number of esters is 1. The second-order valence-corrected chi connectivity index (χ2v) is 7.18.